The number of ether oxygens (including phenoxy) is 1. The number of fused-ring (bicyclic) bond motifs is 1. The van der Waals surface area contributed by atoms with Gasteiger partial charge in [0.05, 0.1) is 27.7 Å². The molecule has 1 unspecified atom stereocenters. The molecule has 2 aliphatic rings. The Hall–Kier alpha value is -2.94. The molecule has 2 amide bonds. The number of nitrogens with one attached hydrogen (secondary N) is 2. The fourth-order valence-electron chi connectivity index (χ4n) is 3.85. The van der Waals surface area contributed by atoms with Crippen molar-refractivity contribution in [3.63, 3.8) is 0 Å². The summed E-state index contributed by atoms with van der Waals surface area (Å²) in [6.45, 7) is 8.31. The van der Waals surface area contributed by atoms with Crippen LogP contribution < -0.4 is 10.6 Å². The number of nitrogens with zero attached hydrogens (tertiary/aromatic N) is 3. The van der Waals surface area contributed by atoms with Crippen molar-refractivity contribution in [1.29, 1.82) is 0 Å². The van der Waals surface area contributed by atoms with Gasteiger partial charge in [-0.05, 0) is 33.8 Å². The van der Waals surface area contributed by atoms with E-state index in [1.807, 2.05) is 27.7 Å². The molecule has 10 heteroatoms. The van der Waals surface area contributed by atoms with Crippen LogP contribution in [-0.2, 0) is 10.2 Å². The number of anilines is 1. The zero-order valence-corrected chi connectivity index (χ0v) is 19.1. The predicted molar refractivity (Wildman–Crippen MR) is 117 cm³/mol. The molecule has 8 nitrogen and oxygen atoms in total. The normalized spacial score (nSPS) is 20.8. The largest absolute Gasteiger partial charge is 0.444 e. The maximum atomic E-state index is 14.9. The first-order valence-electron chi connectivity index (χ1n) is 10.3. The lowest BCUT2D eigenvalue weighted by Crippen LogP contribution is -2.58. The summed E-state index contributed by atoms with van der Waals surface area (Å²) in [6, 6.07) is 4.73. The van der Waals surface area contributed by atoms with E-state index in [2.05, 4.69) is 20.6 Å². The number of rotatable bonds is 3. The van der Waals surface area contributed by atoms with Gasteiger partial charge in [0.15, 0.2) is 0 Å². The van der Waals surface area contributed by atoms with Gasteiger partial charge < -0.3 is 20.3 Å². The molecule has 2 aliphatic heterocycles. The Bertz CT molecular complexity index is 1080. The molecule has 32 heavy (non-hydrogen) atoms. The molecule has 0 bridgehead atoms. The van der Waals surface area contributed by atoms with Crippen LogP contribution in [0.4, 0.5) is 15.1 Å². The van der Waals surface area contributed by atoms with Crippen molar-refractivity contribution in [1.82, 2.24) is 20.2 Å². The molecule has 0 radical (unpaired) electrons. The van der Waals surface area contributed by atoms with Crippen LogP contribution in [0, 0.1) is 5.82 Å². The van der Waals surface area contributed by atoms with Crippen LogP contribution in [0.1, 0.15) is 49.3 Å². The van der Waals surface area contributed by atoms with Gasteiger partial charge in [-0.15, -0.1) is 0 Å². The standard InChI is InChI=1S/C22H25ClFN5O3/c1-21(2,3)32-20(31)29-9-12(10-29)27-19-25-8-13-17(28-19)22(4,11-26-18(13)30)14-6-5-7-15(23)16(14)24/h5-8,12H,9-11H2,1-4H3,(H,26,30)(H,25,27,28). The molecule has 3 heterocycles. The molecule has 0 aliphatic carbocycles. The van der Waals surface area contributed by atoms with Gasteiger partial charge >= 0.3 is 6.09 Å². The van der Waals surface area contributed by atoms with Crippen LogP contribution >= 0.6 is 11.6 Å². The Morgan fingerprint density at radius 1 is 1.38 bits per heavy atom. The molecule has 0 spiro atoms. The van der Waals surface area contributed by atoms with E-state index < -0.39 is 16.8 Å². The summed E-state index contributed by atoms with van der Waals surface area (Å²) in [5.41, 5.74) is -0.441. The van der Waals surface area contributed by atoms with Crippen LogP contribution in [0.5, 0.6) is 0 Å². The van der Waals surface area contributed by atoms with Crippen molar-refractivity contribution in [2.75, 3.05) is 25.0 Å². The quantitative estimate of drug-likeness (QED) is 0.727. The molecule has 1 aromatic heterocycles. The van der Waals surface area contributed by atoms with Gasteiger partial charge in [0, 0.05) is 31.4 Å². The molecule has 1 saturated heterocycles. The third kappa shape index (κ3) is 4.09. The number of benzene rings is 1. The first-order valence-corrected chi connectivity index (χ1v) is 10.7. The van der Waals surface area contributed by atoms with E-state index in [1.54, 1.807) is 17.0 Å². The Balaban J connectivity index is 1.56. The molecule has 4 rings (SSSR count). The minimum absolute atomic E-state index is 0.00582. The van der Waals surface area contributed by atoms with Gasteiger partial charge in [0.2, 0.25) is 5.95 Å². The Morgan fingerprint density at radius 2 is 2.09 bits per heavy atom. The fraction of sp³-hybridized carbons (Fsp3) is 0.455. The van der Waals surface area contributed by atoms with Gasteiger partial charge in [-0.1, -0.05) is 23.7 Å². The lowest BCUT2D eigenvalue weighted by molar-refractivity contribution is 0.0104. The summed E-state index contributed by atoms with van der Waals surface area (Å²) < 4.78 is 20.2. The molecular formula is C22H25ClFN5O3. The molecule has 170 valence electrons. The number of hydrogen-bond acceptors (Lipinski definition) is 6. The highest BCUT2D eigenvalue weighted by Crippen LogP contribution is 2.38. The van der Waals surface area contributed by atoms with E-state index in [0.717, 1.165) is 0 Å². The van der Waals surface area contributed by atoms with Crippen molar-refractivity contribution in [2.45, 2.75) is 44.8 Å². The topological polar surface area (TPSA) is 96.4 Å². The smallest absolute Gasteiger partial charge is 0.410 e. The summed E-state index contributed by atoms with van der Waals surface area (Å²) in [6.07, 6.45) is 1.06. The fourth-order valence-corrected chi connectivity index (χ4v) is 4.03. The average molecular weight is 462 g/mol. The first-order chi connectivity index (χ1) is 15.0. The average Bonchev–Trinajstić information content (AvgIpc) is 2.68. The van der Waals surface area contributed by atoms with E-state index in [0.29, 0.717) is 30.3 Å². The van der Waals surface area contributed by atoms with E-state index in [1.165, 1.54) is 12.3 Å². The number of carbonyl (C=O) groups excluding carboxylic acids is 2. The zero-order valence-electron chi connectivity index (χ0n) is 18.3. The first kappa shape index (κ1) is 22.3. The molecule has 2 aromatic rings. The maximum absolute atomic E-state index is 14.9. The minimum Gasteiger partial charge on any atom is -0.444 e. The third-order valence-corrected chi connectivity index (χ3v) is 5.86. The maximum Gasteiger partial charge on any atom is 0.410 e. The summed E-state index contributed by atoms with van der Waals surface area (Å²) >= 11 is 6.01. The Labute approximate surface area is 190 Å². The molecule has 1 atom stereocenters. The number of aromatic nitrogens is 2. The van der Waals surface area contributed by atoms with Crippen molar-refractivity contribution in [3.05, 3.63) is 52.1 Å². The number of halogens is 2. The molecule has 1 fully saturated rings. The molecule has 1 aromatic carbocycles. The number of carbonyl (C=O) groups is 2. The summed E-state index contributed by atoms with van der Waals surface area (Å²) in [5, 5.41) is 5.98. The Kier molecular flexibility index (Phi) is 5.48. The Morgan fingerprint density at radius 3 is 2.78 bits per heavy atom. The predicted octanol–water partition coefficient (Wildman–Crippen LogP) is 3.35. The van der Waals surface area contributed by atoms with Crippen LogP contribution in [0.25, 0.3) is 0 Å². The minimum atomic E-state index is -0.931. The number of amides is 2. The summed E-state index contributed by atoms with van der Waals surface area (Å²) in [7, 11) is 0. The van der Waals surface area contributed by atoms with Gasteiger partial charge in [-0.25, -0.2) is 19.2 Å². The van der Waals surface area contributed by atoms with Gasteiger partial charge in [0.1, 0.15) is 11.4 Å². The van der Waals surface area contributed by atoms with Crippen LogP contribution in [0.3, 0.4) is 0 Å². The zero-order chi connectivity index (χ0) is 23.3. The lowest BCUT2D eigenvalue weighted by atomic mass is 9.75. The van der Waals surface area contributed by atoms with Crippen LogP contribution in [0.15, 0.2) is 24.4 Å². The van der Waals surface area contributed by atoms with E-state index in [9.17, 15) is 14.0 Å². The molecular weight excluding hydrogens is 437 g/mol. The van der Waals surface area contributed by atoms with E-state index in [-0.39, 0.29) is 35.2 Å². The van der Waals surface area contributed by atoms with E-state index >= 15 is 0 Å². The van der Waals surface area contributed by atoms with Crippen molar-refractivity contribution < 1.29 is 18.7 Å². The highest BCUT2D eigenvalue weighted by molar-refractivity contribution is 6.30. The summed E-state index contributed by atoms with van der Waals surface area (Å²) in [5.74, 6) is -0.550. The second-order valence-corrected chi connectivity index (χ2v) is 9.71. The second kappa shape index (κ2) is 7.88. The van der Waals surface area contributed by atoms with Gasteiger partial charge in [0.25, 0.3) is 5.91 Å². The van der Waals surface area contributed by atoms with E-state index in [4.69, 9.17) is 16.3 Å². The third-order valence-electron chi connectivity index (χ3n) is 5.57. The summed E-state index contributed by atoms with van der Waals surface area (Å²) in [4.78, 5) is 34.9. The second-order valence-electron chi connectivity index (χ2n) is 9.30. The van der Waals surface area contributed by atoms with Crippen LogP contribution in [-0.4, -0.2) is 58.1 Å². The van der Waals surface area contributed by atoms with Crippen molar-refractivity contribution >= 4 is 29.5 Å². The van der Waals surface area contributed by atoms with Gasteiger partial charge in [-0.2, -0.15) is 0 Å². The lowest BCUT2D eigenvalue weighted by Gasteiger charge is -2.40. The number of likely N-dealkylation sites (tertiary alicyclic amines) is 1. The van der Waals surface area contributed by atoms with Crippen molar-refractivity contribution in [3.8, 4) is 0 Å². The van der Waals surface area contributed by atoms with Gasteiger partial charge in [-0.3, -0.25) is 4.79 Å². The highest BCUT2D eigenvalue weighted by atomic mass is 35.5. The molecule has 0 saturated carbocycles. The highest BCUT2D eigenvalue weighted by Gasteiger charge is 2.42. The monoisotopic (exact) mass is 461 g/mol. The number of hydrogen-bond donors (Lipinski definition) is 2. The van der Waals surface area contributed by atoms with Crippen molar-refractivity contribution in [2.24, 2.45) is 0 Å². The van der Waals surface area contributed by atoms with Crippen LogP contribution in [0.2, 0.25) is 5.02 Å². The SMILES string of the molecule is CC(C)(C)OC(=O)N1CC(Nc2ncc3c(n2)C(C)(c2cccc(Cl)c2F)CNC3=O)C1. The molecule has 2 N–H and O–H groups in total.